The lowest BCUT2D eigenvalue weighted by Gasteiger charge is -2.28. The molecule has 148 valence electrons. The average molecular weight is 401 g/mol. The second-order valence-electron chi connectivity index (χ2n) is 6.58. The summed E-state index contributed by atoms with van der Waals surface area (Å²) in [5, 5.41) is 2.68. The topological polar surface area (TPSA) is 95.6 Å². The molecule has 2 aromatic rings. The van der Waals surface area contributed by atoms with E-state index in [9.17, 15) is 18.0 Å². The number of nitrogens with zero attached hydrogens (tertiary/aromatic N) is 1. The zero-order chi connectivity index (χ0) is 20.1. The summed E-state index contributed by atoms with van der Waals surface area (Å²) in [5.74, 6) is -0.304. The minimum atomic E-state index is -3.70. The Hall–Kier alpha value is -2.71. The Labute approximate surface area is 164 Å². The van der Waals surface area contributed by atoms with E-state index in [1.54, 1.807) is 41.3 Å². The second kappa shape index (κ2) is 8.53. The van der Waals surface area contributed by atoms with E-state index in [1.807, 2.05) is 6.07 Å². The Bertz CT molecular complexity index is 974. The second-order valence-corrected chi connectivity index (χ2v) is 8.35. The van der Waals surface area contributed by atoms with Crippen LogP contribution in [0.5, 0.6) is 0 Å². The predicted octanol–water partition coefficient (Wildman–Crippen LogP) is 1.69. The van der Waals surface area contributed by atoms with E-state index >= 15 is 0 Å². The van der Waals surface area contributed by atoms with Gasteiger partial charge < -0.3 is 10.2 Å². The van der Waals surface area contributed by atoms with Gasteiger partial charge in [-0.05, 0) is 48.7 Å². The number of carbonyl (C=O) groups is 2. The third kappa shape index (κ3) is 4.58. The lowest BCUT2D eigenvalue weighted by atomic mass is 10.0. The normalized spacial score (nSPS) is 13.7. The highest BCUT2D eigenvalue weighted by Gasteiger charge is 2.22. The van der Waals surface area contributed by atoms with Gasteiger partial charge in [-0.3, -0.25) is 9.59 Å². The van der Waals surface area contributed by atoms with Crippen molar-refractivity contribution in [2.75, 3.05) is 24.5 Å². The third-order valence-corrected chi connectivity index (χ3v) is 6.06. The first-order chi connectivity index (χ1) is 13.4. The summed E-state index contributed by atoms with van der Waals surface area (Å²) in [7, 11) is -3.70. The van der Waals surface area contributed by atoms with Gasteiger partial charge in [0.1, 0.15) is 0 Å². The molecule has 0 fully saturated rings. The minimum Gasteiger partial charge on any atom is -0.351 e. The van der Waals surface area contributed by atoms with Gasteiger partial charge in [0.2, 0.25) is 15.9 Å². The van der Waals surface area contributed by atoms with Crippen LogP contribution in [0.1, 0.15) is 29.3 Å². The van der Waals surface area contributed by atoms with Crippen LogP contribution in [0.25, 0.3) is 0 Å². The molecule has 0 saturated carbocycles. The molecule has 1 aliphatic rings. The zero-order valence-corrected chi connectivity index (χ0v) is 16.5. The molecule has 2 amide bonds. The van der Waals surface area contributed by atoms with Gasteiger partial charge in [-0.15, -0.1) is 0 Å². The quantitative estimate of drug-likeness (QED) is 0.720. The minimum absolute atomic E-state index is 0.0520. The number of rotatable bonds is 6. The van der Waals surface area contributed by atoms with Crippen molar-refractivity contribution in [3.05, 3.63) is 59.7 Å². The average Bonchev–Trinajstić information content (AvgIpc) is 2.70. The van der Waals surface area contributed by atoms with Crippen LogP contribution in [0.2, 0.25) is 0 Å². The molecule has 0 unspecified atom stereocenters. The van der Waals surface area contributed by atoms with Crippen molar-refractivity contribution in [2.24, 2.45) is 0 Å². The number of anilines is 1. The van der Waals surface area contributed by atoms with Crippen molar-refractivity contribution in [1.82, 2.24) is 10.0 Å². The predicted molar refractivity (Wildman–Crippen MR) is 107 cm³/mol. The van der Waals surface area contributed by atoms with Crippen LogP contribution in [0.3, 0.4) is 0 Å². The molecule has 1 heterocycles. The summed E-state index contributed by atoms with van der Waals surface area (Å²) >= 11 is 0. The maximum absolute atomic E-state index is 12.5. The van der Waals surface area contributed by atoms with Crippen molar-refractivity contribution >= 4 is 27.5 Å². The molecule has 0 aliphatic carbocycles. The molecule has 0 spiro atoms. The molecule has 28 heavy (non-hydrogen) atoms. The van der Waals surface area contributed by atoms with Crippen LogP contribution in [0.4, 0.5) is 5.69 Å². The molecular formula is C20H23N3O4S. The number of benzene rings is 2. The fraction of sp³-hybridized carbons (Fsp3) is 0.300. The smallest absolute Gasteiger partial charge is 0.251 e. The van der Waals surface area contributed by atoms with Crippen LogP contribution in [0, 0.1) is 0 Å². The van der Waals surface area contributed by atoms with Gasteiger partial charge in [0.15, 0.2) is 0 Å². The van der Waals surface area contributed by atoms with Crippen molar-refractivity contribution < 1.29 is 18.0 Å². The molecule has 2 N–H and O–H groups in total. The number of sulfonamides is 1. The van der Waals surface area contributed by atoms with E-state index in [1.165, 1.54) is 13.0 Å². The summed E-state index contributed by atoms with van der Waals surface area (Å²) in [5.41, 5.74) is 2.14. The highest BCUT2D eigenvalue weighted by molar-refractivity contribution is 7.89. The van der Waals surface area contributed by atoms with E-state index in [-0.39, 0.29) is 29.8 Å². The van der Waals surface area contributed by atoms with Crippen LogP contribution in [-0.4, -0.2) is 39.9 Å². The maximum atomic E-state index is 12.5. The van der Waals surface area contributed by atoms with Gasteiger partial charge in [-0.25, -0.2) is 13.1 Å². The fourth-order valence-electron chi connectivity index (χ4n) is 3.20. The monoisotopic (exact) mass is 401 g/mol. The number of hydrogen-bond acceptors (Lipinski definition) is 4. The molecule has 8 heteroatoms. The number of hydrogen-bond donors (Lipinski definition) is 2. The lowest BCUT2D eigenvalue weighted by Crippen LogP contribution is -2.35. The summed E-state index contributed by atoms with van der Waals surface area (Å²) in [6.45, 7) is 2.41. The Morgan fingerprint density at radius 2 is 1.82 bits per heavy atom. The maximum Gasteiger partial charge on any atom is 0.251 e. The third-order valence-electron chi connectivity index (χ3n) is 4.60. The highest BCUT2D eigenvalue weighted by atomic mass is 32.2. The number of amides is 2. The van der Waals surface area contributed by atoms with Gasteiger partial charge in [-0.2, -0.15) is 0 Å². The number of carbonyl (C=O) groups excluding carboxylic acids is 2. The summed E-state index contributed by atoms with van der Waals surface area (Å²) in [4.78, 5) is 25.5. The zero-order valence-electron chi connectivity index (χ0n) is 15.6. The van der Waals surface area contributed by atoms with E-state index in [2.05, 4.69) is 10.0 Å². The van der Waals surface area contributed by atoms with Crippen molar-refractivity contribution in [3.63, 3.8) is 0 Å². The molecule has 0 saturated heterocycles. The van der Waals surface area contributed by atoms with Crippen LogP contribution < -0.4 is 14.9 Å². The first-order valence-electron chi connectivity index (χ1n) is 9.12. The van der Waals surface area contributed by atoms with Gasteiger partial charge >= 0.3 is 0 Å². The van der Waals surface area contributed by atoms with Crippen LogP contribution >= 0.6 is 0 Å². The lowest BCUT2D eigenvalue weighted by molar-refractivity contribution is -0.116. The van der Waals surface area contributed by atoms with Crippen molar-refractivity contribution in [1.29, 1.82) is 0 Å². The first-order valence-corrected chi connectivity index (χ1v) is 10.6. The number of fused-ring (bicyclic) bond motifs is 1. The summed E-state index contributed by atoms with van der Waals surface area (Å²) < 4.78 is 27.6. The van der Waals surface area contributed by atoms with Gasteiger partial charge in [0, 0.05) is 37.8 Å². The van der Waals surface area contributed by atoms with Gasteiger partial charge in [-0.1, -0.05) is 18.2 Å². The molecule has 0 atom stereocenters. The van der Waals surface area contributed by atoms with E-state index in [4.69, 9.17) is 0 Å². The van der Waals surface area contributed by atoms with Crippen molar-refractivity contribution in [2.45, 2.75) is 24.7 Å². The Morgan fingerprint density at radius 1 is 1.07 bits per heavy atom. The van der Waals surface area contributed by atoms with E-state index in [0.717, 1.165) is 24.1 Å². The SMILES string of the molecule is CC(=O)N1CCCc2cc(S(=O)(=O)NCCNC(=O)c3ccccc3)ccc21. The molecule has 3 rings (SSSR count). The molecular weight excluding hydrogens is 378 g/mol. The first kappa shape index (κ1) is 20.0. The Morgan fingerprint density at radius 3 is 2.54 bits per heavy atom. The molecule has 7 nitrogen and oxygen atoms in total. The van der Waals surface area contributed by atoms with Gasteiger partial charge in [0.05, 0.1) is 4.90 Å². The van der Waals surface area contributed by atoms with Crippen LogP contribution in [-0.2, 0) is 21.2 Å². The molecule has 0 aromatic heterocycles. The largest absolute Gasteiger partial charge is 0.351 e. The number of aryl methyl sites for hydroxylation is 1. The van der Waals surface area contributed by atoms with Gasteiger partial charge in [0.25, 0.3) is 5.91 Å². The molecule has 0 bridgehead atoms. The fourth-order valence-corrected chi connectivity index (χ4v) is 4.29. The Kier molecular flexibility index (Phi) is 6.11. The highest BCUT2D eigenvalue weighted by Crippen LogP contribution is 2.29. The summed E-state index contributed by atoms with van der Waals surface area (Å²) in [6, 6.07) is 13.5. The number of nitrogens with one attached hydrogen (secondary N) is 2. The Balaban J connectivity index is 1.60. The summed E-state index contributed by atoms with van der Waals surface area (Å²) in [6.07, 6.45) is 1.53. The van der Waals surface area contributed by atoms with Crippen molar-refractivity contribution in [3.8, 4) is 0 Å². The molecule has 1 aliphatic heterocycles. The molecule has 2 aromatic carbocycles. The van der Waals surface area contributed by atoms with E-state index in [0.29, 0.717) is 12.1 Å². The van der Waals surface area contributed by atoms with Crippen LogP contribution in [0.15, 0.2) is 53.4 Å². The van der Waals surface area contributed by atoms with E-state index < -0.39 is 10.0 Å². The molecule has 0 radical (unpaired) electrons. The standard InChI is InChI=1S/C20H23N3O4S/c1-15(24)23-13-5-8-17-14-18(9-10-19(17)23)28(26,27)22-12-11-21-20(25)16-6-3-2-4-7-16/h2-4,6-7,9-10,14,22H,5,8,11-13H2,1H3,(H,21,25).